The van der Waals surface area contributed by atoms with E-state index in [4.69, 9.17) is 0 Å². The summed E-state index contributed by atoms with van der Waals surface area (Å²) in [5, 5.41) is 2.93. The number of pyridine rings is 1. The van der Waals surface area contributed by atoms with E-state index in [0.717, 1.165) is 17.0 Å². The molecule has 0 aliphatic carbocycles. The van der Waals surface area contributed by atoms with Crippen LogP contribution in [0.4, 0.5) is 4.79 Å². The maximum absolute atomic E-state index is 13.0. The van der Waals surface area contributed by atoms with Crippen molar-refractivity contribution in [1.82, 2.24) is 20.1 Å². The molecule has 0 saturated heterocycles. The summed E-state index contributed by atoms with van der Waals surface area (Å²) < 4.78 is 0. The van der Waals surface area contributed by atoms with Crippen LogP contribution in [0.5, 0.6) is 0 Å². The van der Waals surface area contributed by atoms with Gasteiger partial charge in [-0.3, -0.25) is 14.7 Å². The maximum atomic E-state index is 13.0. The van der Waals surface area contributed by atoms with Crippen LogP contribution < -0.4 is 5.32 Å². The topological polar surface area (TPSA) is 65.5 Å². The van der Waals surface area contributed by atoms with Gasteiger partial charge in [-0.15, -0.1) is 0 Å². The van der Waals surface area contributed by atoms with E-state index in [-0.39, 0.29) is 11.9 Å². The average Bonchev–Trinajstić information content (AvgIpc) is 2.97. The minimum Gasteiger partial charge on any atom is -0.327 e. The summed E-state index contributed by atoms with van der Waals surface area (Å²) in [6.07, 6.45) is 1.72. The van der Waals surface area contributed by atoms with Gasteiger partial charge in [0, 0.05) is 13.2 Å². The number of aromatic nitrogens is 1. The number of benzene rings is 1. The van der Waals surface area contributed by atoms with E-state index in [1.807, 2.05) is 48.5 Å². The second-order valence-corrected chi connectivity index (χ2v) is 6.19. The number of hydrogen-bond acceptors (Lipinski definition) is 3. The normalized spacial score (nSPS) is 20.0. The molecule has 0 bridgehead atoms. The van der Waals surface area contributed by atoms with Gasteiger partial charge in [-0.1, -0.05) is 36.4 Å². The Morgan fingerprint density at radius 3 is 2.60 bits per heavy atom. The minimum atomic E-state index is -0.416. The second-order valence-electron chi connectivity index (χ2n) is 6.19. The van der Waals surface area contributed by atoms with Crippen molar-refractivity contribution in [2.24, 2.45) is 0 Å². The summed E-state index contributed by atoms with van der Waals surface area (Å²) in [5.74, 6) is -0.0543. The van der Waals surface area contributed by atoms with Crippen LogP contribution >= 0.6 is 0 Å². The summed E-state index contributed by atoms with van der Waals surface area (Å²) in [7, 11) is 1.70. The van der Waals surface area contributed by atoms with Crippen LogP contribution in [-0.4, -0.2) is 40.3 Å². The van der Waals surface area contributed by atoms with Crippen molar-refractivity contribution in [3.8, 4) is 0 Å². The summed E-state index contributed by atoms with van der Waals surface area (Å²) in [6, 6.07) is 14.6. The van der Waals surface area contributed by atoms with Gasteiger partial charge in [0.05, 0.1) is 36.1 Å². The smallest absolute Gasteiger partial charge is 0.322 e. The molecule has 126 valence electrons. The molecular weight excluding hydrogens is 316 g/mol. The van der Waals surface area contributed by atoms with Crippen molar-refractivity contribution in [3.05, 3.63) is 77.3 Å². The molecular formula is C19H18N4O2. The number of nitrogens with one attached hydrogen (secondary N) is 1. The molecule has 1 N–H and O–H groups in total. The Morgan fingerprint density at radius 2 is 1.88 bits per heavy atom. The molecule has 3 heterocycles. The monoisotopic (exact) mass is 334 g/mol. The quantitative estimate of drug-likeness (QED) is 0.934. The number of amides is 3. The van der Waals surface area contributed by atoms with Gasteiger partial charge in [0.1, 0.15) is 0 Å². The lowest BCUT2D eigenvalue weighted by Crippen LogP contribution is -2.45. The third-order valence-corrected chi connectivity index (χ3v) is 4.65. The van der Waals surface area contributed by atoms with Gasteiger partial charge in [-0.2, -0.15) is 0 Å². The summed E-state index contributed by atoms with van der Waals surface area (Å²) >= 11 is 0. The summed E-state index contributed by atoms with van der Waals surface area (Å²) in [5.41, 5.74) is 3.14. The van der Waals surface area contributed by atoms with E-state index in [2.05, 4.69) is 10.3 Å². The molecule has 0 radical (unpaired) electrons. The van der Waals surface area contributed by atoms with Gasteiger partial charge in [0.25, 0.3) is 5.91 Å². The zero-order valence-corrected chi connectivity index (χ0v) is 13.8. The predicted octanol–water partition coefficient (Wildman–Crippen LogP) is 2.07. The fourth-order valence-corrected chi connectivity index (χ4v) is 3.33. The van der Waals surface area contributed by atoms with E-state index in [1.165, 1.54) is 4.90 Å². The van der Waals surface area contributed by atoms with Crippen LogP contribution in [0.3, 0.4) is 0 Å². The van der Waals surface area contributed by atoms with E-state index >= 15 is 0 Å². The molecule has 4 rings (SSSR count). The van der Waals surface area contributed by atoms with Crippen LogP contribution in [0.1, 0.15) is 17.3 Å². The Labute approximate surface area is 145 Å². The Kier molecular flexibility index (Phi) is 3.72. The molecule has 2 aromatic rings. The lowest BCUT2D eigenvalue weighted by molar-refractivity contribution is -0.126. The number of urea groups is 1. The highest BCUT2D eigenvalue weighted by atomic mass is 16.2. The number of hydrogen-bond donors (Lipinski definition) is 1. The SMILES string of the molecule is CN1C(=O)NC(c2ccccc2)C2=C1CN(Cc1ccccn1)C2=O. The average molecular weight is 334 g/mol. The predicted molar refractivity (Wildman–Crippen MR) is 92.2 cm³/mol. The first-order valence-electron chi connectivity index (χ1n) is 8.16. The van der Waals surface area contributed by atoms with Gasteiger partial charge < -0.3 is 10.2 Å². The molecule has 3 amide bonds. The Hall–Kier alpha value is -3.15. The Bertz CT molecular complexity index is 848. The number of carbonyl (C=O) groups is 2. The van der Waals surface area contributed by atoms with Gasteiger partial charge in [-0.05, 0) is 17.7 Å². The van der Waals surface area contributed by atoms with Gasteiger partial charge in [0.15, 0.2) is 0 Å². The van der Waals surface area contributed by atoms with Crippen molar-refractivity contribution < 1.29 is 9.59 Å². The van der Waals surface area contributed by atoms with Gasteiger partial charge in [0.2, 0.25) is 0 Å². The number of likely N-dealkylation sites (N-methyl/N-ethyl adjacent to an activating group) is 1. The molecule has 1 atom stereocenters. The fourth-order valence-electron chi connectivity index (χ4n) is 3.33. The van der Waals surface area contributed by atoms with E-state index in [9.17, 15) is 9.59 Å². The van der Waals surface area contributed by atoms with Gasteiger partial charge >= 0.3 is 6.03 Å². The second kappa shape index (κ2) is 6.05. The van der Waals surface area contributed by atoms with Crippen molar-refractivity contribution in [2.45, 2.75) is 12.6 Å². The molecule has 0 fully saturated rings. The zero-order chi connectivity index (χ0) is 17.4. The molecule has 25 heavy (non-hydrogen) atoms. The van der Waals surface area contributed by atoms with Gasteiger partial charge in [-0.25, -0.2) is 4.79 Å². The highest BCUT2D eigenvalue weighted by Crippen LogP contribution is 2.35. The van der Waals surface area contributed by atoms with Crippen LogP contribution in [0.25, 0.3) is 0 Å². The number of carbonyl (C=O) groups excluding carboxylic acids is 2. The maximum Gasteiger partial charge on any atom is 0.322 e. The lowest BCUT2D eigenvalue weighted by Gasteiger charge is -2.31. The first kappa shape index (κ1) is 15.4. The molecule has 1 aromatic carbocycles. The number of rotatable bonds is 3. The van der Waals surface area contributed by atoms with Crippen LogP contribution in [-0.2, 0) is 11.3 Å². The first-order chi connectivity index (χ1) is 12.1. The highest BCUT2D eigenvalue weighted by molar-refractivity contribution is 6.01. The van der Waals surface area contributed by atoms with Crippen LogP contribution in [0, 0.1) is 0 Å². The highest BCUT2D eigenvalue weighted by Gasteiger charge is 2.42. The molecule has 0 saturated carbocycles. The molecule has 1 aromatic heterocycles. The molecule has 2 aliphatic rings. The Morgan fingerprint density at radius 1 is 1.12 bits per heavy atom. The third-order valence-electron chi connectivity index (χ3n) is 4.65. The zero-order valence-electron chi connectivity index (χ0n) is 13.8. The van der Waals surface area contributed by atoms with Crippen molar-refractivity contribution >= 4 is 11.9 Å². The van der Waals surface area contributed by atoms with Crippen molar-refractivity contribution in [3.63, 3.8) is 0 Å². The van der Waals surface area contributed by atoms with Crippen LogP contribution in [0.15, 0.2) is 66.0 Å². The lowest BCUT2D eigenvalue weighted by atomic mass is 9.96. The van der Waals surface area contributed by atoms with Crippen molar-refractivity contribution in [1.29, 1.82) is 0 Å². The first-order valence-corrected chi connectivity index (χ1v) is 8.16. The fraction of sp³-hybridized carbons (Fsp3) is 0.211. The van der Waals surface area contributed by atoms with E-state index in [0.29, 0.717) is 18.7 Å². The van der Waals surface area contributed by atoms with Crippen LogP contribution in [0.2, 0.25) is 0 Å². The summed E-state index contributed by atoms with van der Waals surface area (Å²) in [6.45, 7) is 0.841. The van der Waals surface area contributed by atoms with E-state index in [1.54, 1.807) is 18.1 Å². The van der Waals surface area contributed by atoms with E-state index < -0.39 is 6.04 Å². The molecule has 1 unspecified atom stereocenters. The Balaban J connectivity index is 1.68. The molecule has 0 spiro atoms. The molecule has 6 heteroatoms. The number of nitrogens with zero attached hydrogens (tertiary/aromatic N) is 3. The van der Waals surface area contributed by atoms with Crippen molar-refractivity contribution in [2.75, 3.05) is 13.6 Å². The third kappa shape index (κ3) is 2.65. The largest absolute Gasteiger partial charge is 0.327 e. The summed E-state index contributed by atoms with van der Waals surface area (Å²) in [4.78, 5) is 32.9. The molecule has 6 nitrogen and oxygen atoms in total. The minimum absolute atomic E-state index is 0.0543. The molecule has 2 aliphatic heterocycles. The standard InChI is InChI=1S/C19H18N4O2/c1-22-15-12-23(11-14-9-5-6-10-20-14)18(24)16(15)17(21-19(22)25)13-7-3-2-4-8-13/h2-10,17H,11-12H2,1H3,(H,21,25).